The first-order valence-corrected chi connectivity index (χ1v) is 7.41. The highest BCUT2D eigenvalue weighted by atomic mass is 16.5. The number of hydrogen-bond donors (Lipinski definition) is 2. The fourth-order valence-corrected chi connectivity index (χ4v) is 3.33. The van der Waals surface area contributed by atoms with E-state index in [0.29, 0.717) is 6.42 Å². The minimum absolute atomic E-state index is 0.0283. The Kier molecular flexibility index (Phi) is 4.03. The number of aliphatic hydroxyl groups is 1. The molecule has 1 saturated heterocycles. The molecule has 0 bridgehead atoms. The monoisotopic (exact) mass is 288 g/mol. The van der Waals surface area contributed by atoms with E-state index in [9.17, 15) is 9.90 Å². The number of aliphatic hydroxyl groups excluding tert-OH is 1. The second-order valence-corrected chi connectivity index (χ2v) is 5.47. The zero-order valence-corrected chi connectivity index (χ0v) is 12.2. The van der Waals surface area contributed by atoms with E-state index in [0.717, 1.165) is 53.4 Å². The molecule has 2 heterocycles. The highest BCUT2D eigenvalue weighted by Crippen LogP contribution is 2.25. The molecule has 0 aromatic heterocycles. The predicted molar refractivity (Wildman–Crippen MR) is 78.6 cm³/mol. The zero-order chi connectivity index (χ0) is 14.8. The van der Waals surface area contributed by atoms with Crippen LogP contribution in [0.5, 0.6) is 5.75 Å². The molecule has 2 aliphatic heterocycles. The highest BCUT2D eigenvalue weighted by Gasteiger charge is 2.28. The Morgan fingerprint density at radius 1 is 1.38 bits per heavy atom. The largest absolute Gasteiger partial charge is 0.496 e. The van der Waals surface area contributed by atoms with Crippen molar-refractivity contribution in [3.63, 3.8) is 0 Å². The van der Waals surface area contributed by atoms with Gasteiger partial charge in [0.2, 0.25) is 0 Å². The number of nitrogens with zero attached hydrogens (tertiary/aromatic N) is 1. The molecule has 1 aromatic rings. The van der Waals surface area contributed by atoms with E-state index < -0.39 is 0 Å². The Bertz CT molecular complexity index is 675. The van der Waals surface area contributed by atoms with Gasteiger partial charge in [0.15, 0.2) is 0 Å². The van der Waals surface area contributed by atoms with E-state index in [-0.39, 0.29) is 18.4 Å². The van der Waals surface area contributed by atoms with Crippen molar-refractivity contribution >= 4 is 11.5 Å². The Hall–Kier alpha value is -1.72. The summed E-state index contributed by atoms with van der Waals surface area (Å²) in [5.41, 5.74) is 1.72. The van der Waals surface area contributed by atoms with Crippen LogP contribution in [0.25, 0.3) is 5.57 Å². The van der Waals surface area contributed by atoms with Gasteiger partial charge < -0.3 is 15.2 Å². The molecule has 1 aromatic carbocycles. The number of carbonyl (C=O) groups is 1. The quantitative estimate of drug-likeness (QED) is 0.786. The van der Waals surface area contributed by atoms with Crippen molar-refractivity contribution < 1.29 is 14.6 Å². The number of rotatable bonds is 4. The summed E-state index contributed by atoms with van der Waals surface area (Å²) in [4.78, 5) is 16.6. The van der Waals surface area contributed by atoms with Gasteiger partial charge in [-0.1, -0.05) is 0 Å². The second-order valence-electron chi connectivity index (χ2n) is 5.47. The van der Waals surface area contributed by atoms with Gasteiger partial charge in [-0.25, -0.2) is 4.99 Å². The summed E-state index contributed by atoms with van der Waals surface area (Å²) >= 11 is 0. The summed E-state index contributed by atoms with van der Waals surface area (Å²) in [6, 6.07) is 3.66. The fraction of sp³-hybridized carbons (Fsp3) is 0.500. The van der Waals surface area contributed by atoms with E-state index in [1.165, 1.54) is 0 Å². The maximum atomic E-state index is 12.4. The highest BCUT2D eigenvalue weighted by molar-refractivity contribution is 6.16. The van der Waals surface area contributed by atoms with Crippen molar-refractivity contribution in [3.8, 4) is 5.75 Å². The molecular formula is C16H20N2O3. The number of ether oxygens (including phenoxy) is 1. The lowest BCUT2D eigenvalue weighted by Crippen LogP contribution is -2.34. The van der Waals surface area contributed by atoms with Gasteiger partial charge in [-0.15, -0.1) is 0 Å². The van der Waals surface area contributed by atoms with E-state index in [2.05, 4.69) is 10.3 Å². The number of carbonyl (C=O) groups excluding carboxylic acids is 1. The van der Waals surface area contributed by atoms with Crippen LogP contribution in [0.15, 0.2) is 17.1 Å². The van der Waals surface area contributed by atoms with Gasteiger partial charge in [-0.3, -0.25) is 4.79 Å². The molecule has 112 valence electrons. The minimum atomic E-state index is -0.121. The Morgan fingerprint density at radius 3 is 2.81 bits per heavy atom. The average molecular weight is 288 g/mol. The second kappa shape index (κ2) is 5.95. The molecule has 0 saturated carbocycles. The van der Waals surface area contributed by atoms with Crippen LogP contribution in [0.2, 0.25) is 0 Å². The number of amides is 1. The molecule has 21 heavy (non-hydrogen) atoms. The first-order valence-electron chi connectivity index (χ1n) is 7.41. The Morgan fingerprint density at radius 2 is 2.14 bits per heavy atom. The zero-order valence-electron chi connectivity index (χ0n) is 12.2. The predicted octanol–water partition coefficient (Wildman–Crippen LogP) is -0.460. The topological polar surface area (TPSA) is 70.9 Å². The molecule has 3 rings (SSSR count). The van der Waals surface area contributed by atoms with Crippen LogP contribution >= 0.6 is 0 Å². The minimum Gasteiger partial charge on any atom is -0.496 e. The number of methoxy groups -OCH3 is 1. The molecule has 2 aliphatic rings. The molecule has 0 unspecified atom stereocenters. The van der Waals surface area contributed by atoms with Crippen LogP contribution in [-0.2, 0) is 11.2 Å². The SMILES string of the molecule is COc1ccc2c(c1CCO)=C(C1CCNCC1)C(=O)N=2. The molecule has 2 N–H and O–H groups in total. The van der Waals surface area contributed by atoms with E-state index >= 15 is 0 Å². The third kappa shape index (κ3) is 2.47. The van der Waals surface area contributed by atoms with Gasteiger partial charge in [0, 0.05) is 23.0 Å². The molecule has 1 fully saturated rings. The molecular weight excluding hydrogens is 268 g/mol. The number of fused-ring (bicyclic) bond motifs is 1. The van der Waals surface area contributed by atoms with Crippen LogP contribution in [0, 0.1) is 5.92 Å². The number of nitrogens with one attached hydrogen (secondary N) is 1. The van der Waals surface area contributed by atoms with Crippen molar-refractivity contribution in [2.75, 3.05) is 26.8 Å². The third-order valence-corrected chi connectivity index (χ3v) is 4.30. The summed E-state index contributed by atoms with van der Waals surface area (Å²) in [6.07, 6.45) is 2.38. The summed E-state index contributed by atoms with van der Waals surface area (Å²) in [7, 11) is 1.61. The smallest absolute Gasteiger partial charge is 0.274 e. The molecule has 1 amide bonds. The van der Waals surface area contributed by atoms with Crippen molar-refractivity contribution in [1.82, 2.24) is 5.32 Å². The van der Waals surface area contributed by atoms with Crippen molar-refractivity contribution in [2.45, 2.75) is 19.3 Å². The molecule has 0 radical (unpaired) electrons. The maximum absolute atomic E-state index is 12.4. The fourth-order valence-electron chi connectivity index (χ4n) is 3.33. The maximum Gasteiger partial charge on any atom is 0.274 e. The van der Waals surface area contributed by atoms with E-state index in [4.69, 9.17) is 4.74 Å². The van der Waals surface area contributed by atoms with Crippen LogP contribution in [0.3, 0.4) is 0 Å². The lowest BCUT2D eigenvalue weighted by Gasteiger charge is -2.23. The summed E-state index contributed by atoms with van der Waals surface area (Å²) in [6.45, 7) is 1.88. The van der Waals surface area contributed by atoms with Crippen molar-refractivity contribution in [2.24, 2.45) is 10.9 Å². The van der Waals surface area contributed by atoms with Gasteiger partial charge in [-0.2, -0.15) is 0 Å². The van der Waals surface area contributed by atoms with Crippen LogP contribution in [0.4, 0.5) is 0 Å². The standard InChI is InChI=1S/C16H20N2O3/c1-21-13-3-2-12-15(11(13)6-9-19)14(16(20)18-12)10-4-7-17-8-5-10/h2-3,10,17,19H,4-9H2,1H3. The van der Waals surface area contributed by atoms with Gasteiger partial charge in [0.1, 0.15) is 5.75 Å². The lowest BCUT2D eigenvalue weighted by atomic mass is 9.87. The molecule has 5 heteroatoms. The summed E-state index contributed by atoms with van der Waals surface area (Å²) in [5.74, 6) is 0.844. The van der Waals surface area contributed by atoms with Crippen molar-refractivity contribution in [3.05, 3.63) is 28.3 Å². The Labute approximate surface area is 123 Å². The number of hydrogen-bond acceptors (Lipinski definition) is 4. The van der Waals surface area contributed by atoms with Crippen LogP contribution in [0.1, 0.15) is 18.4 Å². The van der Waals surface area contributed by atoms with Crippen LogP contribution < -0.4 is 20.6 Å². The first kappa shape index (κ1) is 14.2. The number of benzene rings is 1. The van der Waals surface area contributed by atoms with Crippen LogP contribution in [-0.4, -0.2) is 37.8 Å². The molecule has 0 aliphatic carbocycles. The number of piperidine rings is 1. The molecule has 5 nitrogen and oxygen atoms in total. The van der Waals surface area contributed by atoms with Gasteiger partial charge >= 0.3 is 0 Å². The lowest BCUT2D eigenvalue weighted by molar-refractivity contribution is -0.113. The average Bonchev–Trinajstić information content (AvgIpc) is 2.85. The molecule has 0 atom stereocenters. The first-order chi connectivity index (χ1) is 10.3. The summed E-state index contributed by atoms with van der Waals surface area (Å²) in [5, 5.41) is 14.3. The Balaban J connectivity index is 2.23. The van der Waals surface area contributed by atoms with Gasteiger partial charge in [-0.05, 0) is 50.4 Å². The van der Waals surface area contributed by atoms with Gasteiger partial charge in [0.25, 0.3) is 5.91 Å². The normalized spacial score (nSPS) is 18.6. The third-order valence-electron chi connectivity index (χ3n) is 4.30. The van der Waals surface area contributed by atoms with Crippen molar-refractivity contribution in [1.29, 1.82) is 0 Å². The van der Waals surface area contributed by atoms with E-state index in [1.54, 1.807) is 7.11 Å². The molecule has 0 spiro atoms. The summed E-state index contributed by atoms with van der Waals surface area (Å²) < 4.78 is 5.40. The van der Waals surface area contributed by atoms with E-state index in [1.807, 2.05) is 12.1 Å². The van der Waals surface area contributed by atoms with Gasteiger partial charge in [0.05, 0.1) is 12.5 Å².